The van der Waals surface area contributed by atoms with Crippen molar-refractivity contribution in [2.45, 2.75) is 0 Å². The topological polar surface area (TPSA) is 84.8 Å². The Kier molecular flexibility index (Phi) is 4.54. The Morgan fingerprint density at radius 1 is 1.04 bits per heavy atom. The first-order chi connectivity index (χ1) is 13.5. The van der Waals surface area contributed by atoms with Crippen LogP contribution in [0.4, 0.5) is 8.78 Å². The molecule has 0 saturated heterocycles. The maximum Gasteiger partial charge on any atom is 0.150 e. The summed E-state index contributed by atoms with van der Waals surface area (Å²) in [6.45, 7) is 0. The minimum Gasteiger partial charge on any atom is -0.290 e. The average Bonchev–Trinajstić information content (AvgIpc) is 3.13. The Bertz CT molecular complexity index is 1200. The number of rotatable bonds is 3. The van der Waals surface area contributed by atoms with Crippen LogP contribution >= 0.6 is 11.6 Å². The van der Waals surface area contributed by atoms with Crippen molar-refractivity contribution in [2.75, 3.05) is 0 Å². The molecule has 4 rings (SSSR count). The van der Waals surface area contributed by atoms with E-state index in [0.717, 1.165) is 17.0 Å². The highest BCUT2D eigenvalue weighted by Crippen LogP contribution is 2.39. The largest absolute Gasteiger partial charge is 0.290 e. The Labute approximate surface area is 163 Å². The van der Waals surface area contributed by atoms with Gasteiger partial charge in [0, 0.05) is 27.6 Å². The van der Waals surface area contributed by atoms with Crippen molar-refractivity contribution in [3.8, 4) is 22.3 Å². The molecule has 0 atom stereocenters. The summed E-state index contributed by atoms with van der Waals surface area (Å²) in [7, 11) is 0. The van der Waals surface area contributed by atoms with Crippen molar-refractivity contribution in [1.82, 2.24) is 15.7 Å². The van der Waals surface area contributed by atoms with Gasteiger partial charge in [-0.25, -0.2) is 8.78 Å². The summed E-state index contributed by atoms with van der Waals surface area (Å²) in [4.78, 5) is 0. The Morgan fingerprint density at radius 2 is 1.79 bits per heavy atom. The lowest BCUT2D eigenvalue weighted by atomic mass is 9.89. The molecular formula is C20H13ClF2N4O. The third-order valence-corrected chi connectivity index (χ3v) is 4.60. The highest BCUT2D eigenvalue weighted by molar-refractivity contribution is 6.31. The number of H-pyrrole nitrogens is 1. The van der Waals surface area contributed by atoms with Crippen molar-refractivity contribution in [3.63, 3.8) is 0 Å². The second-order valence-corrected chi connectivity index (χ2v) is 6.63. The van der Waals surface area contributed by atoms with Gasteiger partial charge in [0.1, 0.15) is 17.5 Å². The number of aromatic amines is 1. The van der Waals surface area contributed by atoms with Gasteiger partial charge in [-0.05, 0) is 53.1 Å². The van der Waals surface area contributed by atoms with Crippen LogP contribution in [-0.2, 0) is 0 Å². The lowest BCUT2D eigenvalue weighted by Gasteiger charge is -2.17. The highest BCUT2D eigenvalue weighted by Gasteiger charge is 2.19. The van der Waals surface area contributed by atoms with Crippen LogP contribution in [0, 0.1) is 17.0 Å². The average molecular weight is 399 g/mol. The van der Waals surface area contributed by atoms with Gasteiger partial charge >= 0.3 is 0 Å². The maximum absolute atomic E-state index is 13.9. The molecule has 28 heavy (non-hydrogen) atoms. The third-order valence-electron chi connectivity index (χ3n) is 4.39. The number of hydroxylamine groups is 1. The maximum atomic E-state index is 13.9. The third kappa shape index (κ3) is 3.21. The fourth-order valence-corrected chi connectivity index (χ4v) is 3.43. The van der Waals surface area contributed by atoms with Crippen molar-refractivity contribution in [2.24, 2.45) is 0 Å². The van der Waals surface area contributed by atoms with Gasteiger partial charge < -0.3 is 0 Å². The monoisotopic (exact) mass is 398 g/mol. The van der Waals surface area contributed by atoms with Gasteiger partial charge in [-0.3, -0.25) is 21.2 Å². The lowest BCUT2D eigenvalue weighted by molar-refractivity contribution is 0.234. The van der Waals surface area contributed by atoms with E-state index in [1.807, 2.05) is 18.2 Å². The molecular weight excluding hydrogens is 386 g/mol. The Hall–Kier alpha value is -3.29. The Morgan fingerprint density at radius 3 is 2.50 bits per heavy atom. The van der Waals surface area contributed by atoms with E-state index in [2.05, 4.69) is 10.2 Å². The zero-order chi connectivity index (χ0) is 19.8. The first-order valence-electron chi connectivity index (χ1n) is 8.19. The summed E-state index contributed by atoms with van der Waals surface area (Å²) in [5.41, 5.74) is 4.63. The molecule has 1 aromatic heterocycles. The van der Waals surface area contributed by atoms with Gasteiger partial charge in [0.05, 0.1) is 11.7 Å². The molecule has 5 nitrogen and oxygen atoms in total. The van der Waals surface area contributed by atoms with Gasteiger partial charge in [0.15, 0.2) is 0 Å². The quantitative estimate of drug-likeness (QED) is 0.219. The fourth-order valence-electron chi connectivity index (χ4n) is 3.21. The molecule has 0 aliphatic heterocycles. The number of halogens is 3. The molecule has 1 heterocycles. The smallest absolute Gasteiger partial charge is 0.150 e. The number of benzene rings is 3. The summed E-state index contributed by atoms with van der Waals surface area (Å²) in [5.74, 6) is -1.86. The van der Waals surface area contributed by atoms with E-state index in [1.165, 1.54) is 18.2 Å². The van der Waals surface area contributed by atoms with Crippen LogP contribution in [0.2, 0.25) is 5.02 Å². The summed E-state index contributed by atoms with van der Waals surface area (Å²) in [6, 6.07) is 11.7. The number of amidine groups is 1. The second kappa shape index (κ2) is 7.03. The molecule has 0 spiro atoms. The van der Waals surface area contributed by atoms with Crippen molar-refractivity contribution < 1.29 is 14.0 Å². The zero-order valence-corrected chi connectivity index (χ0v) is 15.0. The molecule has 0 aliphatic carbocycles. The fraction of sp³-hybridized carbons (Fsp3) is 0. The van der Waals surface area contributed by atoms with Crippen LogP contribution in [0.5, 0.6) is 0 Å². The molecule has 0 aliphatic rings. The molecule has 3 aromatic carbocycles. The molecule has 8 heteroatoms. The van der Waals surface area contributed by atoms with E-state index in [-0.39, 0.29) is 17.0 Å². The number of nitrogens with one attached hydrogen (secondary N) is 3. The number of nitrogens with zero attached hydrogens (tertiary/aromatic N) is 1. The van der Waals surface area contributed by atoms with Crippen molar-refractivity contribution >= 4 is 28.3 Å². The van der Waals surface area contributed by atoms with Gasteiger partial charge in [-0.2, -0.15) is 5.10 Å². The predicted octanol–water partition coefficient (Wildman–Crippen LogP) is 5.13. The number of fused-ring (bicyclic) bond motifs is 1. The molecule has 0 fully saturated rings. The van der Waals surface area contributed by atoms with E-state index in [0.29, 0.717) is 21.7 Å². The Balaban J connectivity index is 2.06. The molecule has 0 bridgehead atoms. The summed E-state index contributed by atoms with van der Waals surface area (Å²) >= 11 is 6.25. The number of aromatic nitrogens is 2. The van der Waals surface area contributed by atoms with Crippen LogP contribution in [-0.4, -0.2) is 21.2 Å². The highest BCUT2D eigenvalue weighted by atomic mass is 35.5. The van der Waals surface area contributed by atoms with Crippen LogP contribution < -0.4 is 5.48 Å². The molecule has 4 N–H and O–H groups in total. The minimum absolute atomic E-state index is 0.197. The zero-order valence-electron chi connectivity index (χ0n) is 14.2. The number of hydrogen-bond acceptors (Lipinski definition) is 3. The van der Waals surface area contributed by atoms with Gasteiger partial charge in [-0.1, -0.05) is 17.7 Å². The van der Waals surface area contributed by atoms with Gasteiger partial charge in [0.2, 0.25) is 0 Å². The summed E-state index contributed by atoms with van der Waals surface area (Å²) in [5, 5.41) is 25.3. The number of hydrogen-bond donors (Lipinski definition) is 4. The molecule has 0 radical (unpaired) electrons. The molecule has 4 aromatic rings. The van der Waals surface area contributed by atoms with Gasteiger partial charge in [0.25, 0.3) is 0 Å². The second-order valence-electron chi connectivity index (χ2n) is 6.19. The predicted molar refractivity (Wildman–Crippen MR) is 104 cm³/mol. The van der Waals surface area contributed by atoms with Crippen LogP contribution in [0.25, 0.3) is 33.2 Å². The first kappa shape index (κ1) is 18.1. The van der Waals surface area contributed by atoms with Gasteiger partial charge in [-0.15, -0.1) is 0 Å². The normalized spacial score (nSPS) is 11.0. The van der Waals surface area contributed by atoms with E-state index in [1.54, 1.807) is 17.7 Å². The van der Waals surface area contributed by atoms with E-state index >= 15 is 0 Å². The van der Waals surface area contributed by atoms with E-state index in [9.17, 15) is 14.0 Å². The van der Waals surface area contributed by atoms with Crippen LogP contribution in [0.1, 0.15) is 5.56 Å². The van der Waals surface area contributed by atoms with E-state index < -0.39 is 11.6 Å². The van der Waals surface area contributed by atoms with Crippen molar-refractivity contribution in [1.29, 1.82) is 5.41 Å². The standard InChI is InChI=1S/C20H13ClF2N4O/c21-13-6-16(10-1-2-18-12(3-10)9-25-26-18)19(17(7-13)20(24)27-28)11-4-14(22)8-15(23)5-11/h1-9,28H,(H2,24,27)(H,25,26). The van der Waals surface area contributed by atoms with Crippen LogP contribution in [0.15, 0.2) is 54.7 Å². The van der Waals surface area contributed by atoms with E-state index in [4.69, 9.17) is 17.0 Å². The first-order valence-corrected chi connectivity index (χ1v) is 8.56. The summed E-state index contributed by atoms with van der Waals surface area (Å²) in [6.07, 6.45) is 1.66. The molecule has 0 amide bonds. The van der Waals surface area contributed by atoms with Crippen molar-refractivity contribution in [3.05, 3.63) is 76.9 Å². The van der Waals surface area contributed by atoms with Crippen LogP contribution in [0.3, 0.4) is 0 Å². The summed E-state index contributed by atoms with van der Waals surface area (Å²) < 4.78 is 27.8. The minimum atomic E-state index is -0.754. The molecule has 0 unspecified atom stereocenters. The SMILES string of the molecule is N=C(NO)c1cc(Cl)cc(-c2ccc3[nH]ncc3c2)c1-c1cc(F)cc(F)c1. The lowest BCUT2D eigenvalue weighted by Crippen LogP contribution is -2.20. The molecule has 0 saturated carbocycles. The molecule has 140 valence electrons.